The minimum Gasteiger partial charge on any atom is -0.396 e. The van der Waals surface area contributed by atoms with Crippen LogP contribution in [0.5, 0.6) is 0 Å². The number of aromatic nitrogens is 1. The van der Waals surface area contributed by atoms with E-state index in [1.54, 1.807) is 19.3 Å². The van der Waals surface area contributed by atoms with Gasteiger partial charge in [-0.05, 0) is 36.7 Å². The maximum absolute atomic E-state index is 11.7. The molecule has 0 fully saturated rings. The molecule has 17 heavy (non-hydrogen) atoms. The highest BCUT2D eigenvalue weighted by molar-refractivity contribution is 9.10. The van der Waals surface area contributed by atoms with Crippen LogP contribution in [0.25, 0.3) is 0 Å². The highest BCUT2D eigenvalue weighted by Crippen LogP contribution is 2.27. The number of nitrogens with zero attached hydrogens (tertiary/aromatic N) is 1. The van der Waals surface area contributed by atoms with E-state index in [4.69, 9.17) is 5.73 Å². The number of amides is 1. The van der Waals surface area contributed by atoms with E-state index in [9.17, 15) is 4.79 Å². The Kier molecular flexibility index (Phi) is 4.74. The number of nitrogens with two attached hydrogens (primary N) is 1. The molecule has 0 aliphatic rings. The summed E-state index contributed by atoms with van der Waals surface area (Å²) in [7, 11) is 0. The highest BCUT2D eigenvalue weighted by atomic mass is 79.9. The Morgan fingerprint density at radius 2 is 2.06 bits per heavy atom. The summed E-state index contributed by atoms with van der Waals surface area (Å²) in [4.78, 5) is 15.7. The summed E-state index contributed by atoms with van der Waals surface area (Å²) < 4.78 is 0.738. The van der Waals surface area contributed by atoms with Crippen molar-refractivity contribution in [1.82, 2.24) is 10.3 Å². The van der Waals surface area contributed by atoms with Crippen molar-refractivity contribution < 1.29 is 4.79 Å². The molecule has 94 valence electrons. The van der Waals surface area contributed by atoms with Crippen LogP contribution in [0.4, 0.5) is 11.4 Å². The Morgan fingerprint density at radius 1 is 1.41 bits per heavy atom. The third-order valence-electron chi connectivity index (χ3n) is 2.11. The zero-order valence-corrected chi connectivity index (χ0v) is 11.7. The summed E-state index contributed by atoms with van der Waals surface area (Å²) in [5.41, 5.74) is 6.97. The van der Waals surface area contributed by atoms with E-state index in [-0.39, 0.29) is 18.0 Å². The smallest absolute Gasteiger partial charge is 0.242 e. The van der Waals surface area contributed by atoms with Crippen LogP contribution in [0.15, 0.2) is 16.9 Å². The van der Waals surface area contributed by atoms with Crippen LogP contribution >= 0.6 is 15.9 Å². The Hall–Kier alpha value is -1.30. The van der Waals surface area contributed by atoms with E-state index in [1.165, 1.54) is 0 Å². The van der Waals surface area contributed by atoms with E-state index < -0.39 is 0 Å². The number of pyridine rings is 1. The van der Waals surface area contributed by atoms with Gasteiger partial charge in [0, 0.05) is 12.2 Å². The van der Waals surface area contributed by atoms with Gasteiger partial charge in [0.2, 0.25) is 5.91 Å². The molecule has 1 aromatic rings. The van der Waals surface area contributed by atoms with Crippen molar-refractivity contribution in [1.29, 1.82) is 0 Å². The normalized spacial score (nSPS) is 12.3. The van der Waals surface area contributed by atoms with Gasteiger partial charge in [-0.15, -0.1) is 0 Å². The number of nitrogens with one attached hydrogen (secondary N) is 2. The fraction of sp³-hybridized carbons (Fsp3) is 0.455. The van der Waals surface area contributed by atoms with Crippen LogP contribution in [0.1, 0.15) is 20.8 Å². The number of halogens is 1. The van der Waals surface area contributed by atoms with Crippen molar-refractivity contribution in [2.45, 2.75) is 32.9 Å². The van der Waals surface area contributed by atoms with Gasteiger partial charge in [-0.3, -0.25) is 9.78 Å². The maximum Gasteiger partial charge on any atom is 0.242 e. The predicted molar refractivity (Wildman–Crippen MR) is 72.7 cm³/mol. The van der Waals surface area contributed by atoms with E-state index in [0.717, 1.165) is 4.47 Å². The van der Waals surface area contributed by atoms with Crippen molar-refractivity contribution in [3.8, 4) is 0 Å². The molecule has 0 aliphatic heterocycles. The summed E-state index contributed by atoms with van der Waals surface area (Å²) in [6, 6.07) is -0.247. The second kappa shape index (κ2) is 5.86. The number of nitrogen functional groups attached to an aromatic ring is 1. The van der Waals surface area contributed by atoms with Crippen LogP contribution in [-0.2, 0) is 4.79 Å². The first-order chi connectivity index (χ1) is 7.91. The summed E-state index contributed by atoms with van der Waals surface area (Å²) in [5.74, 6) is -0.0666. The molecule has 1 amide bonds. The predicted octanol–water partition coefficient (Wildman–Crippen LogP) is 1.75. The van der Waals surface area contributed by atoms with Gasteiger partial charge in [-0.2, -0.15) is 0 Å². The molecule has 1 unspecified atom stereocenters. The average molecular weight is 301 g/mol. The van der Waals surface area contributed by atoms with Crippen molar-refractivity contribution in [3.05, 3.63) is 16.9 Å². The largest absolute Gasteiger partial charge is 0.396 e. The molecule has 0 radical (unpaired) electrons. The van der Waals surface area contributed by atoms with Crippen LogP contribution < -0.4 is 16.4 Å². The lowest BCUT2D eigenvalue weighted by molar-refractivity contribution is -0.122. The topological polar surface area (TPSA) is 80.0 Å². The van der Waals surface area contributed by atoms with E-state index >= 15 is 0 Å². The molecule has 0 aliphatic carbocycles. The fourth-order valence-corrected chi connectivity index (χ4v) is 1.76. The van der Waals surface area contributed by atoms with Gasteiger partial charge in [-0.25, -0.2) is 0 Å². The van der Waals surface area contributed by atoms with E-state index in [1.807, 2.05) is 13.8 Å². The second-order valence-corrected chi connectivity index (χ2v) is 4.97. The first kappa shape index (κ1) is 13.8. The van der Waals surface area contributed by atoms with Crippen molar-refractivity contribution in [3.63, 3.8) is 0 Å². The number of carbonyl (C=O) groups is 1. The molecule has 1 atom stereocenters. The van der Waals surface area contributed by atoms with Crippen molar-refractivity contribution in [2.75, 3.05) is 11.1 Å². The van der Waals surface area contributed by atoms with Gasteiger partial charge in [-0.1, -0.05) is 0 Å². The standard InChI is InChI=1S/C11H17BrN4O/c1-6(2)15-11(17)7(3)16-10-8(12)4-14-5-9(10)13/h4-7H,13H2,1-3H3,(H,14,16)(H,15,17). The molecule has 0 bridgehead atoms. The zero-order chi connectivity index (χ0) is 13.0. The third kappa shape index (κ3) is 3.89. The first-order valence-corrected chi connectivity index (χ1v) is 6.17. The molecule has 0 saturated carbocycles. The van der Waals surface area contributed by atoms with Gasteiger partial charge < -0.3 is 16.4 Å². The quantitative estimate of drug-likeness (QED) is 0.791. The molecule has 1 rings (SSSR count). The zero-order valence-electron chi connectivity index (χ0n) is 10.1. The minimum absolute atomic E-state index is 0.0666. The lowest BCUT2D eigenvalue weighted by Gasteiger charge is -2.18. The van der Waals surface area contributed by atoms with Crippen LogP contribution in [0.3, 0.4) is 0 Å². The van der Waals surface area contributed by atoms with Crippen LogP contribution in [-0.4, -0.2) is 23.0 Å². The number of hydrogen-bond donors (Lipinski definition) is 3. The number of anilines is 2. The first-order valence-electron chi connectivity index (χ1n) is 5.37. The number of rotatable bonds is 4. The van der Waals surface area contributed by atoms with Crippen LogP contribution in [0, 0.1) is 0 Å². The molecule has 6 heteroatoms. The fourth-order valence-electron chi connectivity index (χ4n) is 1.29. The van der Waals surface area contributed by atoms with Gasteiger partial charge in [0.25, 0.3) is 0 Å². The molecular weight excluding hydrogens is 284 g/mol. The van der Waals surface area contributed by atoms with E-state index in [2.05, 4.69) is 31.5 Å². The molecule has 1 heterocycles. The Bertz CT molecular complexity index is 388. The van der Waals surface area contributed by atoms with Crippen molar-refractivity contribution in [2.24, 2.45) is 0 Å². The number of carbonyl (C=O) groups excluding carboxylic acids is 1. The SMILES string of the molecule is CC(C)NC(=O)C(C)Nc1c(N)cncc1Br. The Morgan fingerprint density at radius 3 is 2.59 bits per heavy atom. The molecular formula is C11H17BrN4O. The Balaban J connectivity index is 2.74. The Labute approximate surface area is 109 Å². The maximum atomic E-state index is 11.7. The monoisotopic (exact) mass is 300 g/mol. The molecule has 0 spiro atoms. The lowest BCUT2D eigenvalue weighted by Crippen LogP contribution is -2.41. The third-order valence-corrected chi connectivity index (χ3v) is 2.72. The number of hydrogen-bond acceptors (Lipinski definition) is 4. The molecule has 4 N–H and O–H groups in total. The van der Waals surface area contributed by atoms with Crippen LogP contribution in [0.2, 0.25) is 0 Å². The summed E-state index contributed by atoms with van der Waals surface area (Å²) in [5, 5.41) is 5.89. The minimum atomic E-state index is -0.363. The van der Waals surface area contributed by atoms with E-state index in [0.29, 0.717) is 11.4 Å². The van der Waals surface area contributed by atoms with Gasteiger partial charge >= 0.3 is 0 Å². The summed E-state index contributed by atoms with van der Waals surface area (Å²) >= 11 is 3.34. The highest BCUT2D eigenvalue weighted by Gasteiger charge is 2.15. The van der Waals surface area contributed by atoms with Gasteiger partial charge in [0.15, 0.2) is 0 Å². The lowest BCUT2D eigenvalue weighted by atomic mass is 10.2. The van der Waals surface area contributed by atoms with Gasteiger partial charge in [0.1, 0.15) is 6.04 Å². The molecule has 0 aromatic carbocycles. The second-order valence-electron chi connectivity index (χ2n) is 4.11. The molecule has 1 aromatic heterocycles. The van der Waals surface area contributed by atoms with Crippen molar-refractivity contribution >= 4 is 33.2 Å². The van der Waals surface area contributed by atoms with Gasteiger partial charge in [0.05, 0.1) is 22.0 Å². The summed E-state index contributed by atoms with van der Waals surface area (Å²) in [6.45, 7) is 5.62. The molecule has 5 nitrogen and oxygen atoms in total. The molecule has 0 saturated heterocycles. The average Bonchev–Trinajstić information content (AvgIpc) is 2.22. The summed E-state index contributed by atoms with van der Waals surface area (Å²) in [6.07, 6.45) is 3.17.